The molecule has 0 spiro atoms. The Morgan fingerprint density at radius 3 is 2.50 bits per heavy atom. The molecule has 3 rings (SSSR count). The highest BCUT2D eigenvalue weighted by Gasteiger charge is 2.24. The molecule has 5 nitrogen and oxygen atoms in total. The third-order valence-corrected chi connectivity index (χ3v) is 5.67. The Balaban J connectivity index is 1.64. The Bertz CT molecular complexity index is 876. The minimum Gasteiger partial charge on any atom is -0.494 e. The fraction of sp³-hybridized carbons (Fsp3) is 0.440. The van der Waals surface area contributed by atoms with Gasteiger partial charge in [0.25, 0.3) is 11.8 Å². The van der Waals surface area contributed by atoms with Crippen molar-refractivity contribution in [3.63, 3.8) is 0 Å². The van der Waals surface area contributed by atoms with Crippen LogP contribution in [-0.2, 0) is 0 Å². The number of aryl methyl sites for hydroxylation is 1. The standard InChI is InChI=1S/C25H32N2O3/c1-4-5-16-30-22-12-9-20(10-13-22)24(28)26-23-14-11-21(17-18(23)2)25(29)27-15-7-6-8-19(27)3/h9-14,17,19H,4-8,15-16H2,1-3H3,(H,26,28). The zero-order valence-electron chi connectivity index (χ0n) is 18.2. The highest BCUT2D eigenvalue weighted by atomic mass is 16.5. The van der Waals surface area contributed by atoms with E-state index in [0.717, 1.165) is 43.5 Å². The van der Waals surface area contributed by atoms with Gasteiger partial charge in [0.05, 0.1) is 6.61 Å². The molecule has 1 unspecified atom stereocenters. The van der Waals surface area contributed by atoms with Crippen LogP contribution >= 0.6 is 0 Å². The number of likely N-dealkylation sites (tertiary alicyclic amines) is 1. The molecule has 1 atom stereocenters. The summed E-state index contributed by atoms with van der Waals surface area (Å²) < 4.78 is 5.64. The number of nitrogens with zero attached hydrogens (tertiary/aromatic N) is 1. The molecule has 0 aliphatic carbocycles. The Hall–Kier alpha value is -2.82. The molecule has 5 heteroatoms. The average molecular weight is 409 g/mol. The first-order valence-corrected chi connectivity index (χ1v) is 11.0. The van der Waals surface area contributed by atoms with Gasteiger partial charge in [-0.05, 0) is 87.6 Å². The van der Waals surface area contributed by atoms with Gasteiger partial charge in [-0.15, -0.1) is 0 Å². The van der Waals surface area contributed by atoms with Crippen molar-refractivity contribution in [3.05, 3.63) is 59.2 Å². The van der Waals surface area contributed by atoms with E-state index >= 15 is 0 Å². The van der Waals surface area contributed by atoms with Crippen molar-refractivity contribution in [1.82, 2.24) is 4.90 Å². The predicted octanol–water partition coefficient (Wildman–Crippen LogP) is 5.44. The molecule has 1 heterocycles. The number of hydrogen-bond donors (Lipinski definition) is 1. The largest absolute Gasteiger partial charge is 0.494 e. The minimum atomic E-state index is -0.179. The average Bonchev–Trinajstić information content (AvgIpc) is 2.75. The number of unbranched alkanes of at least 4 members (excludes halogenated alkanes) is 1. The number of hydrogen-bond acceptors (Lipinski definition) is 3. The first-order chi connectivity index (χ1) is 14.5. The molecule has 0 radical (unpaired) electrons. The molecular weight excluding hydrogens is 376 g/mol. The zero-order valence-corrected chi connectivity index (χ0v) is 18.2. The van der Waals surface area contributed by atoms with E-state index in [1.807, 2.05) is 36.1 Å². The second-order valence-corrected chi connectivity index (χ2v) is 8.05. The van der Waals surface area contributed by atoms with Crippen LogP contribution < -0.4 is 10.1 Å². The van der Waals surface area contributed by atoms with Gasteiger partial charge in [-0.2, -0.15) is 0 Å². The monoisotopic (exact) mass is 408 g/mol. The number of ether oxygens (including phenoxy) is 1. The summed E-state index contributed by atoms with van der Waals surface area (Å²) in [6.45, 7) is 7.64. The van der Waals surface area contributed by atoms with Crippen molar-refractivity contribution in [1.29, 1.82) is 0 Å². The Kier molecular flexibility index (Phi) is 7.50. The van der Waals surface area contributed by atoms with Gasteiger partial charge in [0, 0.05) is 29.4 Å². The smallest absolute Gasteiger partial charge is 0.255 e. The third-order valence-electron chi connectivity index (χ3n) is 5.67. The van der Waals surface area contributed by atoms with Crippen LogP contribution in [0.3, 0.4) is 0 Å². The molecular formula is C25H32N2O3. The maximum Gasteiger partial charge on any atom is 0.255 e. The van der Waals surface area contributed by atoms with Crippen molar-refractivity contribution in [2.24, 2.45) is 0 Å². The predicted molar refractivity (Wildman–Crippen MR) is 120 cm³/mol. The van der Waals surface area contributed by atoms with Gasteiger partial charge in [-0.25, -0.2) is 0 Å². The fourth-order valence-corrected chi connectivity index (χ4v) is 3.73. The molecule has 1 saturated heterocycles. The SMILES string of the molecule is CCCCOc1ccc(C(=O)Nc2ccc(C(=O)N3CCCCC3C)cc2C)cc1. The van der Waals surface area contributed by atoms with Gasteiger partial charge < -0.3 is 15.0 Å². The lowest BCUT2D eigenvalue weighted by atomic mass is 10.0. The van der Waals surface area contributed by atoms with E-state index in [9.17, 15) is 9.59 Å². The number of nitrogens with one attached hydrogen (secondary N) is 1. The van der Waals surface area contributed by atoms with Crippen molar-refractivity contribution < 1.29 is 14.3 Å². The van der Waals surface area contributed by atoms with Gasteiger partial charge >= 0.3 is 0 Å². The van der Waals surface area contributed by atoms with E-state index in [4.69, 9.17) is 4.74 Å². The van der Waals surface area contributed by atoms with Gasteiger partial charge in [0.2, 0.25) is 0 Å². The first-order valence-electron chi connectivity index (χ1n) is 11.0. The molecule has 1 N–H and O–H groups in total. The number of carbonyl (C=O) groups is 2. The summed E-state index contributed by atoms with van der Waals surface area (Å²) in [4.78, 5) is 27.4. The van der Waals surface area contributed by atoms with E-state index in [1.165, 1.54) is 6.42 Å². The number of amides is 2. The van der Waals surface area contributed by atoms with E-state index in [2.05, 4.69) is 19.2 Å². The fourth-order valence-electron chi connectivity index (χ4n) is 3.73. The first kappa shape index (κ1) is 21.9. The summed E-state index contributed by atoms with van der Waals surface area (Å²) in [6, 6.07) is 12.9. The summed E-state index contributed by atoms with van der Waals surface area (Å²) in [5.74, 6) is 0.662. The minimum absolute atomic E-state index is 0.0711. The Morgan fingerprint density at radius 2 is 1.83 bits per heavy atom. The molecule has 0 aromatic heterocycles. The lowest BCUT2D eigenvalue weighted by Gasteiger charge is -2.33. The molecule has 1 aliphatic rings. The highest BCUT2D eigenvalue weighted by molar-refractivity contribution is 6.05. The number of carbonyl (C=O) groups excluding carboxylic acids is 2. The van der Waals surface area contributed by atoms with E-state index < -0.39 is 0 Å². The van der Waals surface area contributed by atoms with Gasteiger partial charge in [0.1, 0.15) is 5.75 Å². The van der Waals surface area contributed by atoms with Crippen molar-refractivity contribution in [3.8, 4) is 5.75 Å². The second kappa shape index (κ2) is 10.3. The summed E-state index contributed by atoms with van der Waals surface area (Å²) >= 11 is 0. The molecule has 2 aromatic carbocycles. The van der Waals surface area contributed by atoms with Crippen LogP contribution in [0.1, 0.15) is 72.2 Å². The van der Waals surface area contributed by atoms with Crippen LogP contribution in [0.4, 0.5) is 5.69 Å². The summed E-state index contributed by atoms with van der Waals surface area (Å²) in [6.07, 6.45) is 5.39. The lowest BCUT2D eigenvalue weighted by molar-refractivity contribution is 0.0635. The summed E-state index contributed by atoms with van der Waals surface area (Å²) in [5.41, 5.74) is 2.83. The van der Waals surface area contributed by atoms with Crippen molar-refractivity contribution >= 4 is 17.5 Å². The maximum absolute atomic E-state index is 12.9. The summed E-state index contributed by atoms with van der Waals surface area (Å²) in [5, 5.41) is 2.95. The van der Waals surface area contributed by atoms with Crippen LogP contribution in [0.5, 0.6) is 5.75 Å². The van der Waals surface area contributed by atoms with Crippen molar-refractivity contribution in [2.75, 3.05) is 18.5 Å². The molecule has 160 valence electrons. The van der Waals surface area contributed by atoms with Gasteiger partial charge in [-0.1, -0.05) is 13.3 Å². The maximum atomic E-state index is 12.9. The van der Waals surface area contributed by atoms with E-state index in [-0.39, 0.29) is 17.9 Å². The topological polar surface area (TPSA) is 58.6 Å². The normalized spacial score (nSPS) is 16.2. The van der Waals surface area contributed by atoms with E-state index in [1.54, 1.807) is 18.2 Å². The molecule has 2 aromatic rings. The number of anilines is 1. The van der Waals surface area contributed by atoms with Gasteiger partial charge in [-0.3, -0.25) is 9.59 Å². The molecule has 1 aliphatic heterocycles. The Labute approximate surface area is 179 Å². The number of benzene rings is 2. The van der Waals surface area contributed by atoms with E-state index in [0.29, 0.717) is 23.4 Å². The van der Waals surface area contributed by atoms with Crippen LogP contribution in [0.2, 0.25) is 0 Å². The van der Waals surface area contributed by atoms with Crippen LogP contribution in [-0.4, -0.2) is 35.9 Å². The van der Waals surface area contributed by atoms with Crippen LogP contribution in [0.15, 0.2) is 42.5 Å². The summed E-state index contributed by atoms with van der Waals surface area (Å²) in [7, 11) is 0. The zero-order chi connectivity index (χ0) is 21.5. The number of piperidine rings is 1. The van der Waals surface area contributed by atoms with Gasteiger partial charge in [0.15, 0.2) is 0 Å². The molecule has 30 heavy (non-hydrogen) atoms. The molecule has 2 amide bonds. The lowest BCUT2D eigenvalue weighted by Crippen LogP contribution is -2.42. The second-order valence-electron chi connectivity index (χ2n) is 8.05. The highest BCUT2D eigenvalue weighted by Crippen LogP contribution is 2.23. The molecule has 1 fully saturated rings. The quantitative estimate of drug-likeness (QED) is 0.621. The van der Waals surface area contributed by atoms with Crippen LogP contribution in [0, 0.1) is 6.92 Å². The van der Waals surface area contributed by atoms with Crippen LogP contribution in [0.25, 0.3) is 0 Å². The third kappa shape index (κ3) is 5.41. The number of rotatable bonds is 7. The molecule has 0 saturated carbocycles. The Morgan fingerprint density at radius 1 is 1.10 bits per heavy atom. The van der Waals surface area contributed by atoms with Crippen molar-refractivity contribution in [2.45, 2.75) is 58.9 Å². The molecule has 0 bridgehead atoms.